The molecule has 4 rings (SSSR count). The minimum atomic E-state index is -0.192. The quantitative estimate of drug-likeness (QED) is 0.408. The Balaban J connectivity index is 1.36. The van der Waals surface area contributed by atoms with Gasteiger partial charge in [0.05, 0.1) is 14.2 Å². The average Bonchev–Trinajstić information content (AvgIpc) is 3.28. The fourth-order valence-electron chi connectivity index (χ4n) is 3.33. The lowest BCUT2D eigenvalue weighted by molar-refractivity contribution is 0.0950. The summed E-state index contributed by atoms with van der Waals surface area (Å²) in [6, 6.07) is 20.0. The van der Waals surface area contributed by atoms with Crippen LogP contribution < -0.4 is 20.1 Å². The van der Waals surface area contributed by atoms with Crippen LogP contribution in [0.5, 0.6) is 11.5 Å². The normalized spacial score (nSPS) is 10.6. The van der Waals surface area contributed by atoms with E-state index in [0.29, 0.717) is 35.3 Å². The van der Waals surface area contributed by atoms with Crippen LogP contribution in [0.3, 0.4) is 0 Å². The molecule has 0 saturated carbocycles. The largest absolute Gasteiger partial charge is 0.493 e. The molecule has 7 heteroatoms. The molecule has 0 saturated heterocycles. The molecule has 0 aliphatic carbocycles. The second-order valence-corrected chi connectivity index (χ2v) is 7.74. The van der Waals surface area contributed by atoms with Crippen molar-refractivity contribution >= 4 is 38.8 Å². The number of rotatable bonds is 8. The zero-order valence-corrected chi connectivity index (χ0v) is 18.2. The molecule has 3 aromatic carbocycles. The van der Waals surface area contributed by atoms with Gasteiger partial charge in [0.2, 0.25) is 0 Å². The molecule has 0 radical (unpaired) electrons. The summed E-state index contributed by atoms with van der Waals surface area (Å²) in [5.41, 5.74) is 2.42. The number of carbonyl (C=O) groups excluding carboxylic acids is 1. The molecule has 0 unspecified atom stereocenters. The van der Waals surface area contributed by atoms with Crippen LogP contribution in [0.25, 0.3) is 10.8 Å². The van der Waals surface area contributed by atoms with Crippen molar-refractivity contribution in [3.05, 3.63) is 77.3 Å². The van der Waals surface area contributed by atoms with Gasteiger partial charge in [0.25, 0.3) is 5.91 Å². The van der Waals surface area contributed by atoms with Crippen molar-refractivity contribution < 1.29 is 14.3 Å². The van der Waals surface area contributed by atoms with Gasteiger partial charge in [-0.2, -0.15) is 0 Å². The van der Waals surface area contributed by atoms with E-state index in [4.69, 9.17) is 9.47 Å². The number of anilines is 2. The Morgan fingerprint density at radius 3 is 2.65 bits per heavy atom. The van der Waals surface area contributed by atoms with Crippen molar-refractivity contribution in [2.24, 2.45) is 0 Å². The molecule has 31 heavy (non-hydrogen) atoms. The van der Waals surface area contributed by atoms with Gasteiger partial charge in [-0.05, 0) is 35.6 Å². The lowest BCUT2D eigenvalue weighted by Crippen LogP contribution is -2.26. The van der Waals surface area contributed by atoms with E-state index in [1.54, 1.807) is 19.6 Å². The SMILES string of the molecule is COc1ccc(CCNC(=O)c2csc(Nc3cccc4ccccc34)n2)cc1OC. The van der Waals surface area contributed by atoms with Crippen LogP contribution in [0.4, 0.5) is 10.8 Å². The van der Waals surface area contributed by atoms with E-state index in [0.717, 1.165) is 22.0 Å². The van der Waals surface area contributed by atoms with Crippen LogP contribution >= 0.6 is 11.3 Å². The fourth-order valence-corrected chi connectivity index (χ4v) is 4.04. The van der Waals surface area contributed by atoms with Crippen molar-refractivity contribution in [1.29, 1.82) is 0 Å². The van der Waals surface area contributed by atoms with Gasteiger partial charge in [-0.3, -0.25) is 4.79 Å². The van der Waals surface area contributed by atoms with E-state index in [2.05, 4.69) is 33.8 Å². The molecule has 0 spiro atoms. The lowest BCUT2D eigenvalue weighted by Gasteiger charge is -2.10. The first-order chi connectivity index (χ1) is 15.2. The monoisotopic (exact) mass is 433 g/mol. The van der Waals surface area contributed by atoms with Crippen molar-refractivity contribution in [2.75, 3.05) is 26.1 Å². The number of amides is 1. The van der Waals surface area contributed by atoms with Gasteiger partial charge in [0.15, 0.2) is 16.6 Å². The Morgan fingerprint density at radius 1 is 1.00 bits per heavy atom. The average molecular weight is 434 g/mol. The van der Waals surface area contributed by atoms with Crippen LogP contribution in [-0.4, -0.2) is 31.7 Å². The fraction of sp³-hybridized carbons (Fsp3) is 0.167. The molecule has 6 nitrogen and oxygen atoms in total. The third-order valence-electron chi connectivity index (χ3n) is 4.92. The number of aromatic nitrogens is 1. The highest BCUT2D eigenvalue weighted by Crippen LogP contribution is 2.29. The molecule has 0 bridgehead atoms. The van der Waals surface area contributed by atoms with Crippen molar-refractivity contribution in [3.63, 3.8) is 0 Å². The first-order valence-electron chi connectivity index (χ1n) is 9.87. The van der Waals surface area contributed by atoms with Crippen molar-refractivity contribution in [1.82, 2.24) is 10.3 Å². The van der Waals surface area contributed by atoms with Crippen LogP contribution in [0, 0.1) is 0 Å². The highest BCUT2D eigenvalue weighted by molar-refractivity contribution is 7.14. The molecule has 0 aliphatic rings. The zero-order valence-electron chi connectivity index (χ0n) is 17.3. The maximum Gasteiger partial charge on any atom is 0.270 e. The molecule has 158 valence electrons. The van der Waals surface area contributed by atoms with Crippen molar-refractivity contribution in [3.8, 4) is 11.5 Å². The number of hydrogen-bond acceptors (Lipinski definition) is 6. The summed E-state index contributed by atoms with van der Waals surface area (Å²) in [5, 5.41) is 11.0. The zero-order chi connectivity index (χ0) is 21.6. The van der Waals surface area contributed by atoms with Crippen LogP contribution in [0.1, 0.15) is 16.1 Å². The smallest absolute Gasteiger partial charge is 0.270 e. The Hall–Kier alpha value is -3.58. The summed E-state index contributed by atoms with van der Waals surface area (Å²) in [5.74, 6) is 1.17. The van der Waals surface area contributed by atoms with Crippen LogP contribution in [-0.2, 0) is 6.42 Å². The van der Waals surface area contributed by atoms with E-state index in [1.807, 2.05) is 42.5 Å². The minimum Gasteiger partial charge on any atom is -0.493 e. The van der Waals surface area contributed by atoms with Gasteiger partial charge in [0.1, 0.15) is 5.69 Å². The summed E-state index contributed by atoms with van der Waals surface area (Å²) in [6.07, 6.45) is 0.678. The lowest BCUT2D eigenvalue weighted by atomic mass is 10.1. The Bertz CT molecular complexity index is 1200. The van der Waals surface area contributed by atoms with Gasteiger partial charge in [-0.25, -0.2) is 4.98 Å². The van der Waals surface area contributed by atoms with E-state index < -0.39 is 0 Å². The number of benzene rings is 3. The molecule has 4 aromatic rings. The predicted octanol–water partition coefficient (Wildman–Crippen LogP) is 5.03. The molecule has 1 amide bonds. The standard InChI is InChI=1S/C24H23N3O3S/c1-29-21-11-10-16(14-22(21)30-2)12-13-25-23(28)20-15-31-24(27-20)26-19-9-5-7-17-6-3-4-8-18(17)19/h3-11,14-15H,12-13H2,1-2H3,(H,25,28)(H,26,27). The summed E-state index contributed by atoms with van der Waals surface area (Å²) < 4.78 is 10.6. The summed E-state index contributed by atoms with van der Waals surface area (Å²) in [6.45, 7) is 0.498. The molecule has 2 N–H and O–H groups in total. The molecule has 0 atom stereocenters. The number of methoxy groups -OCH3 is 2. The number of thiazole rings is 1. The summed E-state index contributed by atoms with van der Waals surface area (Å²) in [7, 11) is 3.21. The second-order valence-electron chi connectivity index (χ2n) is 6.88. The van der Waals surface area contributed by atoms with Gasteiger partial charge in [-0.1, -0.05) is 42.5 Å². The van der Waals surface area contributed by atoms with Crippen LogP contribution in [0.15, 0.2) is 66.0 Å². The molecular weight excluding hydrogens is 410 g/mol. The first kappa shape index (κ1) is 20.7. The van der Waals surface area contributed by atoms with Gasteiger partial charge in [0, 0.05) is 23.0 Å². The molecular formula is C24H23N3O3S. The summed E-state index contributed by atoms with van der Waals surface area (Å²) in [4.78, 5) is 16.9. The molecule has 1 aromatic heterocycles. The number of carbonyl (C=O) groups is 1. The third kappa shape index (κ3) is 4.78. The predicted molar refractivity (Wildman–Crippen MR) is 125 cm³/mol. The van der Waals surface area contributed by atoms with Crippen molar-refractivity contribution in [2.45, 2.75) is 6.42 Å². The molecule has 1 heterocycles. The second kappa shape index (κ2) is 9.49. The number of nitrogens with zero attached hydrogens (tertiary/aromatic N) is 1. The number of hydrogen-bond donors (Lipinski definition) is 2. The maximum absolute atomic E-state index is 12.5. The van der Waals surface area contributed by atoms with E-state index in [-0.39, 0.29) is 5.91 Å². The number of nitrogens with one attached hydrogen (secondary N) is 2. The topological polar surface area (TPSA) is 72.5 Å². The summed E-state index contributed by atoms with van der Waals surface area (Å²) >= 11 is 1.41. The number of fused-ring (bicyclic) bond motifs is 1. The Labute approximate surface area is 184 Å². The highest BCUT2D eigenvalue weighted by Gasteiger charge is 2.12. The third-order valence-corrected chi connectivity index (χ3v) is 5.67. The minimum absolute atomic E-state index is 0.192. The molecule has 0 aliphatic heterocycles. The first-order valence-corrected chi connectivity index (χ1v) is 10.8. The highest BCUT2D eigenvalue weighted by atomic mass is 32.1. The van der Waals surface area contributed by atoms with E-state index >= 15 is 0 Å². The van der Waals surface area contributed by atoms with E-state index in [9.17, 15) is 4.79 Å². The van der Waals surface area contributed by atoms with E-state index in [1.165, 1.54) is 11.3 Å². The Morgan fingerprint density at radius 2 is 1.81 bits per heavy atom. The molecule has 0 fully saturated rings. The van der Waals surface area contributed by atoms with Crippen LogP contribution in [0.2, 0.25) is 0 Å². The van der Waals surface area contributed by atoms with Gasteiger partial charge >= 0.3 is 0 Å². The maximum atomic E-state index is 12.5. The number of ether oxygens (including phenoxy) is 2. The Kier molecular flexibility index (Phi) is 6.33. The van der Waals surface area contributed by atoms with Gasteiger partial charge < -0.3 is 20.1 Å². The van der Waals surface area contributed by atoms with Gasteiger partial charge in [-0.15, -0.1) is 11.3 Å².